The summed E-state index contributed by atoms with van der Waals surface area (Å²) >= 11 is 12.5. The van der Waals surface area contributed by atoms with Crippen LogP contribution in [-0.4, -0.2) is 22.4 Å². The van der Waals surface area contributed by atoms with E-state index in [1.165, 1.54) is 12.3 Å². The van der Waals surface area contributed by atoms with E-state index in [1.807, 2.05) is 0 Å². The molecule has 0 fully saturated rings. The van der Waals surface area contributed by atoms with Gasteiger partial charge in [-0.3, -0.25) is 14.5 Å². The van der Waals surface area contributed by atoms with Crippen molar-refractivity contribution in [3.05, 3.63) is 69.2 Å². The summed E-state index contributed by atoms with van der Waals surface area (Å²) in [5, 5.41) is 7.48. The maximum Gasteiger partial charge on any atom is 0.522 e. The molecule has 0 aliphatic heterocycles. The van der Waals surface area contributed by atoms with E-state index in [9.17, 15) is 18.0 Å². The first-order chi connectivity index (χ1) is 14.6. The largest absolute Gasteiger partial charge is 0.522 e. The lowest BCUT2D eigenvalue weighted by atomic mass is 10.0. The molecule has 0 aliphatic carbocycles. The van der Waals surface area contributed by atoms with E-state index in [4.69, 9.17) is 27.7 Å². The lowest BCUT2D eigenvalue weighted by molar-refractivity contribution is -0.330. The first-order valence-corrected chi connectivity index (χ1v) is 9.70. The van der Waals surface area contributed by atoms with Gasteiger partial charge in [-0.1, -0.05) is 40.5 Å². The highest BCUT2D eigenvalue weighted by atomic mass is 35.5. The van der Waals surface area contributed by atoms with Crippen molar-refractivity contribution in [3.8, 4) is 11.3 Å². The number of carbonyl (C=O) groups excluding carboxylic acids is 1. The van der Waals surface area contributed by atoms with Crippen molar-refractivity contribution >= 4 is 29.1 Å². The summed E-state index contributed by atoms with van der Waals surface area (Å²) in [7, 11) is 0. The van der Waals surface area contributed by atoms with Gasteiger partial charge in [0.2, 0.25) is 5.91 Å². The van der Waals surface area contributed by atoms with Gasteiger partial charge in [0.05, 0.1) is 28.8 Å². The van der Waals surface area contributed by atoms with Gasteiger partial charge in [0, 0.05) is 23.9 Å². The molecule has 1 amide bonds. The molecule has 3 aromatic rings. The number of aromatic nitrogens is 2. The highest BCUT2D eigenvalue weighted by Gasteiger charge is 2.29. The van der Waals surface area contributed by atoms with Crippen LogP contribution in [0.2, 0.25) is 10.0 Å². The van der Waals surface area contributed by atoms with Gasteiger partial charge in [0.1, 0.15) is 11.5 Å². The molecule has 31 heavy (non-hydrogen) atoms. The molecule has 0 unspecified atom stereocenters. The summed E-state index contributed by atoms with van der Waals surface area (Å²) in [6.45, 7) is 1.13. The monoisotopic (exact) mass is 473 g/mol. The van der Waals surface area contributed by atoms with Crippen molar-refractivity contribution in [2.75, 3.05) is 0 Å². The Hall–Kier alpha value is -2.62. The second kappa shape index (κ2) is 9.67. The molecular formula is C20H16Cl2F3N3O3. The molecule has 0 atom stereocenters. The van der Waals surface area contributed by atoms with E-state index in [1.54, 1.807) is 31.2 Å². The summed E-state index contributed by atoms with van der Waals surface area (Å²) in [6.07, 6.45) is -3.38. The Morgan fingerprint density at radius 1 is 1.19 bits per heavy atom. The fourth-order valence-electron chi connectivity index (χ4n) is 2.74. The topological polar surface area (TPSA) is 77.2 Å². The number of hydrogen-bond donors (Lipinski definition) is 1. The third-order valence-electron chi connectivity index (χ3n) is 4.28. The number of nitrogens with one attached hydrogen (secondary N) is 1. The number of benzene rings is 1. The zero-order valence-electron chi connectivity index (χ0n) is 16.1. The van der Waals surface area contributed by atoms with E-state index in [0.717, 1.165) is 0 Å². The van der Waals surface area contributed by atoms with Gasteiger partial charge in [-0.05, 0) is 30.7 Å². The molecule has 0 saturated heterocycles. The second-order valence-electron chi connectivity index (χ2n) is 6.51. The smallest absolute Gasteiger partial charge is 0.361 e. The van der Waals surface area contributed by atoms with Gasteiger partial charge < -0.3 is 9.84 Å². The van der Waals surface area contributed by atoms with Gasteiger partial charge in [-0.2, -0.15) is 0 Å². The number of halogens is 5. The zero-order chi connectivity index (χ0) is 22.6. The molecule has 3 rings (SSSR count). The van der Waals surface area contributed by atoms with Crippen molar-refractivity contribution in [3.63, 3.8) is 0 Å². The van der Waals surface area contributed by atoms with E-state index in [-0.39, 0.29) is 24.6 Å². The van der Waals surface area contributed by atoms with Crippen molar-refractivity contribution in [1.29, 1.82) is 0 Å². The zero-order valence-corrected chi connectivity index (χ0v) is 17.6. The van der Waals surface area contributed by atoms with Crippen LogP contribution in [0.15, 0.2) is 41.1 Å². The summed E-state index contributed by atoms with van der Waals surface area (Å²) < 4.78 is 45.2. The summed E-state index contributed by atoms with van der Waals surface area (Å²) in [6, 6.07) is 7.97. The number of nitrogens with zero attached hydrogens (tertiary/aromatic N) is 2. The summed E-state index contributed by atoms with van der Waals surface area (Å²) in [5.41, 5.74) is 2.14. The Balaban J connectivity index is 1.63. The summed E-state index contributed by atoms with van der Waals surface area (Å²) in [5.74, 6) is 0.136. The molecule has 2 aromatic heterocycles. The highest BCUT2D eigenvalue weighted by molar-refractivity contribution is 6.39. The first kappa shape index (κ1) is 23.1. The average molecular weight is 474 g/mol. The van der Waals surface area contributed by atoms with Crippen molar-refractivity contribution < 1.29 is 27.2 Å². The molecule has 2 heterocycles. The third kappa shape index (κ3) is 6.19. The van der Waals surface area contributed by atoms with Crippen LogP contribution < -0.4 is 5.32 Å². The van der Waals surface area contributed by atoms with E-state index >= 15 is 0 Å². The second-order valence-corrected chi connectivity index (χ2v) is 7.32. The Morgan fingerprint density at radius 3 is 2.52 bits per heavy atom. The lowest BCUT2D eigenvalue weighted by Crippen LogP contribution is -2.25. The number of pyridine rings is 1. The van der Waals surface area contributed by atoms with Crippen LogP contribution in [0.4, 0.5) is 13.2 Å². The standard InChI is InChI=1S/C20H16Cl2F3N3O3/c1-11-14(19(28-31-11)18-15(21)3-2-4-16(18)22)7-17(29)27-9-12-5-6-13(26-8-12)10-30-20(23,24)25/h2-6,8H,7,9-10H2,1H3,(H,27,29). The molecule has 1 aromatic carbocycles. The fraction of sp³-hybridized carbons (Fsp3) is 0.250. The number of aryl methyl sites for hydroxylation is 1. The van der Waals surface area contributed by atoms with Gasteiger partial charge in [0.15, 0.2) is 0 Å². The minimum absolute atomic E-state index is 0.0306. The highest BCUT2D eigenvalue weighted by Crippen LogP contribution is 2.36. The van der Waals surface area contributed by atoms with Gasteiger partial charge in [-0.25, -0.2) is 0 Å². The third-order valence-corrected chi connectivity index (χ3v) is 4.91. The molecule has 0 radical (unpaired) electrons. The van der Waals surface area contributed by atoms with E-state index < -0.39 is 13.0 Å². The Bertz CT molecular complexity index is 1050. The first-order valence-electron chi connectivity index (χ1n) is 8.95. The molecule has 11 heteroatoms. The number of alkyl halides is 3. The quantitative estimate of drug-likeness (QED) is 0.507. The summed E-state index contributed by atoms with van der Waals surface area (Å²) in [4.78, 5) is 16.3. The number of rotatable bonds is 7. The van der Waals surface area contributed by atoms with Gasteiger partial charge >= 0.3 is 6.36 Å². The Kier molecular flexibility index (Phi) is 7.19. The van der Waals surface area contributed by atoms with Crippen LogP contribution in [-0.2, 0) is 29.1 Å². The molecule has 164 valence electrons. The predicted octanol–water partition coefficient (Wildman–Crippen LogP) is 5.25. The van der Waals surface area contributed by atoms with E-state index in [0.29, 0.717) is 38.2 Å². The Morgan fingerprint density at radius 2 is 1.90 bits per heavy atom. The van der Waals surface area contributed by atoms with Gasteiger partial charge in [-0.15, -0.1) is 13.2 Å². The number of hydrogen-bond acceptors (Lipinski definition) is 5. The molecule has 1 N–H and O–H groups in total. The number of ether oxygens (including phenoxy) is 1. The van der Waals surface area contributed by atoms with Crippen LogP contribution in [0.3, 0.4) is 0 Å². The van der Waals surface area contributed by atoms with Crippen LogP contribution >= 0.6 is 23.2 Å². The van der Waals surface area contributed by atoms with E-state index in [2.05, 4.69) is 20.2 Å². The van der Waals surface area contributed by atoms with Crippen molar-refractivity contribution in [2.24, 2.45) is 0 Å². The Labute approximate surface area is 185 Å². The SMILES string of the molecule is Cc1onc(-c2c(Cl)cccc2Cl)c1CC(=O)NCc1ccc(COC(F)(F)F)nc1. The molecule has 0 saturated carbocycles. The lowest BCUT2D eigenvalue weighted by Gasteiger charge is -2.09. The minimum atomic E-state index is -4.72. The van der Waals surface area contributed by atoms with Gasteiger partial charge in [0.25, 0.3) is 0 Å². The maximum absolute atomic E-state index is 12.5. The molecular weight excluding hydrogens is 458 g/mol. The van der Waals surface area contributed by atoms with Crippen molar-refractivity contribution in [2.45, 2.75) is 32.9 Å². The van der Waals surface area contributed by atoms with Crippen LogP contribution in [0.5, 0.6) is 0 Å². The van der Waals surface area contributed by atoms with Crippen LogP contribution in [0.25, 0.3) is 11.3 Å². The maximum atomic E-state index is 12.5. The number of carbonyl (C=O) groups is 1. The molecule has 0 bridgehead atoms. The van der Waals surface area contributed by atoms with Crippen LogP contribution in [0, 0.1) is 6.92 Å². The molecule has 6 nitrogen and oxygen atoms in total. The number of amides is 1. The van der Waals surface area contributed by atoms with Crippen LogP contribution in [0.1, 0.15) is 22.6 Å². The fourth-order valence-corrected chi connectivity index (χ4v) is 3.32. The van der Waals surface area contributed by atoms with Crippen molar-refractivity contribution in [1.82, 2.24) is 15.5 Å². The average Bonchev–Trinajstić information content (AvgIpc) is 3.05. The molecule has 0 aliphatic rings. The normalized spacial score (nSPS) is 11.5. The molecule has 0 spiro atoms. The minimum Gasteiger partial charge on any atom is -0.361 e. The predicted molar refractivity (Wildman–Crippen MR) is 107 cm³/mol.